The summed E-state index contributed by atoms with van der Waals surface area (Å²) >= 11 is 0. The minimum Gasteiger partial charge on any atom is -0.318 e. The number of hydrogen-bond acceptors (Lipinski definition) is 0. The summed E-state index contributed by atoms with van der Waals surface area (Å²) < 4.78 is 4.63. The van der Waals surface area contributed by atoms with Gasteiger partial charge in [-0.05, 0) is 50.5 Å². The predicted molar refractivity (Wildman–Crippen MR) is 218 cm³/mol. The first-order valence-electron chi connectivity index (χ1n) is 17.4. The van der Waals surface area contributed by atoms with Crippen LogP contribution in [0.5, 0.6) is 0 Å². The van der Waals surface area contributed by atoms with Crippen molar-refractivity contribution in [3.05, 3.63) is 181 Å². The smallest absolute Gasteiger partial charge is 0.220 e. The molecule has 9 aromatic carbocycles. The first-order chi connectivity index (χ1) is 25.8. The summed E-state index contributed by atoms with van der Waals surface area (Å²) in [6, 6.07) is 55.4. The standard InChI is InChI=1S/C48H26N4/c1-49-39-27-28-42(51-40-25-13-11-23-37(40)43-33-19-7-3-15-29(33)31-17-5-9-21-35(31)46(43)51)48(45(39)50-2)52-41-26-14-12-24-38(41)44-34-20-8-4-16-30(34)32-18-6-10-22-36(32)47(44)52/h3-28H. The molecule has 0 N–H and O–H groups in total. The van der Waals surface area contributed by atoms with E-state index < -0.39 is 0 Å². The monoisotopic (exact) mass is 658 g/mol. The molecule has 0 aliphatic heterocycles. The predicted octanol–water partition coefficient (Wildman–Crippen LogP) is 13.6. The quantitative estimate of drug-likeness (QED) is 0.130. The third-order valence-electron chi connectivity index (χ3n) is 10.9. The Morgan fingerprint density at radius 2 is 0.731 bits per heavy atom. The summed E-state index contributed by atoms with van der Waals surface area (Å²) in [5.41, 5.74) is 6.37. The van der Waals surface area contributed by atoms with Gasteiger partial charge in [0.05, 0.1) is 46.6 Å². The fraction of sp³-hybridized carbons (Fsp3) is 0. The topological polar surface area (TPSA) is 18.6 Å². The summed E-state index contributed by atoms with van der Waals surface area (Å²) in [5.74, 6) is 0. The van der Waals surface area contributed by atoms with Crippen LogP contribution in [0.1, 0.15) is 0 Å². The SMILES string of the molecule is [C-]#[N+]c1ccc(-n2c3ccccc3c3c4ccccc4c4ccccc4c32)c(-n2c3ccccc3c3c4ccccc4c4ccccc4c32)c1[N+]#[C-]. The molecule has 0 aliphatic carbocycles. The lowest BCUT2D eigenvalue weighted by Gasteiger charge is -2.21. The first kappa shape index (κ1) is 28.4. The third-order valence-corrected chi connectivity index (χ3v) is 10.9. The fourth-order valence-electron chi connectivity index (χ4n) is 8.90. The van der Waals surface area contributed by atoms with E-state index in [0.29, 0.717) is 17.1 Å². The second-order valence-electron chi connectivity index (χ2n) is 13.4. The molecule has 4 nitrogen and oxygen atoms in total. The van der Waals surface area contributed by atoms with Crippen molar-refractivity contribution in [2.75, 3.05) is 0 Å². The molecule has 0 aliphatic rings. The molecule has 238 valence electrons. The molecule has 0 saturated heterocycles. The molecule has 0 amide bonds. The summed E-state index contributed by atoms with van der Waals surface area (Å²) in [5, 5.41) is 13.9. The van der Waals surface area contributed by atoms with E-state index in [4.69, 9.17) is 13.1 Å². The van der Waals surface area contributed by atoms with Crippen LogP contribution < -0.4 is 0 Å². The van der Waals surface area contributed by atoms with Crippen molar-refractivity contribution >= 4 is 98.1 Å². The second-order valence-corrected chi connectivity index (χ2v) is 13.4. The average Bonchev–Trinajstić information content (AvgIpc) is 3.75. The van der Waals surface area contributed by atoms with E-state index in [1.165, 1.54) is 26.9 Å². The number of aromatic nitrogens is 2. The van der Waals surface area contributed by atoms with Crippen molar-refractivity contribution in [3.63, 3.8) is 0 Å². The maximum absolute atomic E-state index is 8.69. The van der Waals surface area contributed by atoms with Crippen molar-refractivity contribution in [1.82, 2.24) is 9.13 Å². The summed E-state index contributed by atoms with van der Waals surface area (Å²) in [4.78, 5) is 8.13. The van der Waals surface area contributed by atoms with Gasteiger partial charge in [0.1, 0.15) is 0 Å². The van der Waals surface area contributed by atoms with E-state index in [1.807, 2.05) is 6.07 Å². The van der Waals surface area contributed by atoms with Gasteiger partial charge in [0.15, 0.2) is 5.69 Å². The minimum atomic E-state index is 0.334. The van der Waals surface area contributed by atoms with Crippen molar-refractivity contribution in [3.8, 4) is 11.4 Å². The lowest BCUT2D eigenvalue weighted by Crippen LogP contribution is -2.04. The highest BCUT2D eigenvalue weighted by atomic mass is 15.1. The van der Waals surface area contributed by atoms with Crippen molar-refractivity contribution in [2.24, 2.45) is 0 Å². The van der Waals surface area contributed by atoms with Gasteiger partial charge in [0.25, 0.3) is 0 Å². The van der Waals surface area contributed by atoms with E-state index in [1.54, 1.807) is 0 Å². The molecule has 0 fully saturated rings. The van der Waals surface area contributed by atoms with Gasteiger partial charge < -0.3 is 9.13 Å². The van der Waals surface area contributed by atoms with Crippen molar-refractivity contribution < 1.29 is 0 Å². The Morgan fingerprint density at radius 3 is 1.21 bits per heavy atom. The molecule has 0 saturated carbocycles. The Morgan fingerprint density at radius 1 is 0.346 bits per heavy atom. The zero-order chi connectivity index (χ0) is 34.5. The number of benzene rings is 9. The molecular weight excluding hydrogens is 633 g/mol. The summed E-state index contributed by atoms with van der Waals surface area (Å²) in [6.07, 6.45) is 0. The van der Waals surface area contributed by atoms with Crippen LogP contribution in [0.25, 0.3) is 108 Å². The summed E-state index contributed by atoms with van der Waals surface area (Å²) in [6.45, 7) is 16.9. The zero-order valence-corrected chi connectivity index (χ0v) is 27.8. The van der Waals surface area contributed by atoms with E-state index in [-0.39, 0.29) is 0 Å². The van der Waals surface area contributed by atoms with Gasteiger partial charge in [-0.25, -0.2) is 4.85 Å². The largest absolute Gasteiger partial charge is 0.318 e. The van der Waals surface area contributed by atoms with E-state index in [9.17, 15) is 0 Å². The molecule has 2 heterocycles. The van der Waals surface area contributed by atoms with Gasteiger partial charge in [-0.15, -0.1) is 0 Å². The van der Waals surface area contributed by atoms with Crippen LogP contribution >= 0.6 is 0 Å². The Kier molecular flexibility index (Phi) is 5.77. The first-order valence-corrected chi connectivity index (χ1v) is 17.4. The highest BCUT2D eigenvalue weighted by Crippen LogP contribution is 2.49. The van der Waals surface area contributed by atoms with Crippen molar-refractivity contribution in [2.45, 2.75) is 0 Å². The number of nitrogens with zero attached hydrogens (tertiary/aromatic N) is 4. The van der Waals surface area contributed by atoms with Crippen LogP contribution in [-0.2, 0) is 0 Å². The van der Waals surface area contributed by atoms with Crippen LogP contribution in [0, 0.1) is 13.1 Å². The van der Waals surface area contributed by atoms with Gasteiger partial charge in [-0.3, -0.25) is 4.85 Å². The van der Waals surface area contributed by atoms with Crippen LogP contribution in [0.3, 0.4) is 0 Å². The number of hydrogen-bond donors (Lipinski definition) is 0. The van der Waals surface area contributed by atoms with E-state index >= 15 is 0 Å². The molecule has 0 unspecified atom stereocenters. The van der Waals surface area contributed by atoms with E-state index in [0.717, 1.165) is 65.5 Å². The molecule has 0 bridgehead atoms. The summed E-state index contributed by atoms with van der Waals surface area (Å²) in [7, 11) is 0. The third kappa shape index (κ3) is 3.58. The molecular formula is C48H26N4. The Bertz CT molecular complexity index is 3440. The fourth-order valence-corrected chi connectivity index (χ4v) is 8.90. The van der Waals surface area contributed by atoms with Crippen LogP contribution in [-0.4, -0.2) is 9.13 Å². The number of para-hydroxylation sites is 2. The maximum Gasteiger partial charge on any atom is 0.220 e. The number of rotatable bonds is 2. The Balaban J connectivity index is 1.44. The average molecular weight is 659 g/mol. The normalized spacial score (nSPS) is 11.8. The van der Waals surface area contributed by atoms with Gasteiger partial charge in [-0.2, -0.15) is 0 Å². The molecule has 11 aromatic rings. The van der Waals surface area contributed by atoms with E-state index in [2.05, 4.69) is 170 Å². The zero-order valence-electron chi connectivity index (χ0n) is 27.8. The van der Waals surface area contributed by atoms with Crippen molar-refractivity contribution in [1.29, 1.82) is 0 Å². The van der Waals surface area contributed by atoms with Gasteiger partial charge in [0.2, 0.25) is 5.69 Å². The van der Waals surface area contributed by atoms with Gasteiger partial charge in [-0.1, -0.05) is 140 Å². The molecule has 11 rings (SSSR count). The molecule has 4 heteroatoms. The lowest BCUT2D eigenvalue weighted by molar-refractivity contribution is 1.11. The highest BCUT2D eigenvalue weighted by molar-refractivity contribution is 6.34. The maximum atomic E-state index is 8.69. The lowest BCUT2D eigenvalue weighted by atomic mass is 9.96. The number of fused-ring (bicyclic) bond motifs is 16. The Hall–Kier alpha value is -7.40. The molecule has 0 radical (unpaired) electrons. The second kappa shape index (κ2) is 10.6. The van der Waals surface area contributed by atoms with Crippen LogP contribution in [0.4, 0.5) is 11.4 Å². The molecule has 0 atom stereocenters. The van der Waals surface area contributed by atoms with Crippen LogP contribution in [0.2, 0.25) is 0 Å². The van der Waals surface area contributed by atoms with Crippen LogP contribution in [0.15, 0.2) is 158 Å². The molecule has 52 heavy (non-hydrogen) atoms. The van der Waals surface area contributed by atoms with Gasteiger partial charge >= 0.3 is 0 Å². The van der Waals surface area contributed by atoms with Gasteiger partial charge in [0, 0.05) is 32.3 Å². The Labute approximate surface area is 298 Å². The minimum absolute atomic E-state index is 0.334. The highest BCUT2D eigenvalue weighted by Gasteiger charge is 2.27. The molecule has 0 spiro atoms. The molecule has 2 aromatic heterocycles.